The molecule has 1 heterocycles. The van der Waals surface area contributed by atoms with E-state index in [1.165, 1.54) is 32.1 Å². The zero-order valence-electron chi connectivity index (χ0n) is 11.7. The Balaban J connectivity index is 1.50. The predicted molar refractivity (Wildman–Crippen MR) is 75.4 cm³/mol. The van der Waals surface area contributed by atoms with Crippen molar-refractivity contribution in [3.05, 3.63) is 24.0 Å². The first-order valence-electron chi connectivity index (χ1n) is 7.86. The molecule has 3 aliphatic rings. The van der Waals surface area contributed by atoms with E-state index in [9.17, 15) is 9.90 Å². The molecule has 4 heteroatoms. The van der Waals surface area contributed by atoms with Crippen LogP contribution in [0.5, 0.6) is 0 Å². The highest BCUT2D eigenvalue weighted by molar-refractivity contribution is 5.93. The maximum absolute atomic E-state index is 12.5. The Labute approximate surface area is 119 Å². The van der Waals surface area contributed by atoms with Gasteiger partial charge in [-0.1, -0.05) is 0 Å². The average molecular weight is 274 g/mol. The van der Waals surface area contributed by atoms with Crippen molar-refractivity contribution in [3.8, 4) is 0 Å². The van der Waals surface area contributed by atoms with Crippen LogP contribution in [0.25, 0.3) is 0 Å². The molecule has 2 bridgehead atoms. The van der Waals surface area contributed by atoms with E-state index in [0.717, 1.165) is 5.69 Å². The van der Waals surface area contributed by atoms with Gasteiger partial charge in [-0.2, -0.15) is 0 Å². The van der Waals surface area contributed by atoms with Gasteiger partial charge in [-0.05, 0) is 56.1 Å². The van der Waals surface area contributed by atoms with Gasteiger partial charge in [0.2, 0.25) is 0 Å². The first-order valence-corrected chi connectivity index (χ1v) is 7.86. The van der Waals surface area contributed by atoms with Crippen molar-refractivity contribution < 1.29 is 9.90 Å². The summed E-state index contributed by atoms with van der Waals surface area (Å²) < 4.78 is 2.11. The van der Waals surface area contributed by atoms with Gasteiger partial charge in [0, 0.05) is 30.8 Å². The molecule has 4 nitrogen and oxygen atoms in total. The molecule has 108 valence electrons. The molecule has 20 heavy (non-hydrogen) atoms. The molecule has 4 rings (SSSR count). The van der Waals surface area contributed by atoms with Crippen molar-refractivity contribution in [2.75, 3.05) is 6.61 Å². The Morgan fingerprint density at radius 3 is 2.85 bits per heavy atom. The van der Waals surface area contributed by atoms with Crippen molar-refractivity contribution in [2.45, 2.75) is 44.2 Å². The first-order chi connectivity index (χ1) is 9.78. The Bertz CT molecular complexity index is 520. The molecule has 3 aliphatic carbocycles. The van der Waals surface area contributed by atoms with Gasteiger partial charge in [-0.25, -0.2) is 0 Å². The molecule has 4 unspecified atom stereocenters. The average Bonchev–Trinajstić information content (AvgIpc) is 2.92. The molecule has 0 saturated heterocycles. The minimum Gasteiger partial charge on any atom is -0.396 e. The fourth-order valence-corrected chi connectivity index (χ4v) is 4.38. The number of amides is 1. The largest absolute Gasteiger partial charge is 0.396 e. The fraction of sp³-hybridized carbons (Fsp3) is 0.688. The van der Waals surface area contributed by atoms with Crippen LogP contribution in [-0.2, 0) is 0 Å². The van der Waals surface area contributed by atoms with E-state index in [1.54, 1.807) is 0 Å². The molecule has 1 aromatic heterocycles. The van der Waals surface area contributed by atoms with Crippen LogP contribution in [0, 0.1) is 17.8 Å². The van der Waals surface area contributed by atoms with Crippen molar-refractivity contribution in [1.29, 1.82) is 0 Å². The highest BCUT2D eigenvalue weighted by Gasteiger charge is 2.47. The Morgan fingerprint density at radius 1 is 1.30 bits per heavy atom. The van der Waals surface area contributed by atoms with Crippen LogP contribution in [-0.4, -0.2) is 28.2 Å². The molecule has 4 atom stereocenters. The van der Waals surface area contributed by atoms with Gasteiger partial charge in [0.05, 0.1) is 0 Å². The van der Waals surface area contributed by atoms with Crippen LogP contribution >= 0.6 is 0 Å². The van der Waals surface area contributed by atoms with E-state index in [4.69, 9.17) is 0 Å². The Hall–Kier alpha value is -1.29. The Morgan fingerprint density at radius 2 is 2.10 bits per heavy atom. The highest BCUT2D eigenvalue weighted by atomic mass is 16.3. The lowest BCUT2D eigenvalue weighted by Crippen LogP contribution is -2.45. The number of aliphatic hydroxyl groups is 1. The van der Waals surface area contributed by atoms with Crippen molar-refractivity contribution in [3.63, 3.8) is 0 Å². The summed E-state index contributed by atoms with van der Waals surface area (Å²) in [6.07, 6.45) is 7.98. The van der Waals surface area contributed by atoms with Crippen LogP contribution in [0.2, 0.25) is 0 Å². The summed E-state index contributed by atoms with van der Waals surface area (Å²) in [6.45, 7) is 0.204. The molecular weight excluding hydrogens is 252 g/mol. The van der Waals surface area contributed by atoms with Crippen LogP contribution in [0.1, 0.15) is 48.6 Å². The SMILES string of the molecule is O=C(NC1C2CCC(C2)C1CO)c1cccn1C1CC1. The molecular formula is C16H22N2O2. The molecule has 0 aliphatic heterocycles. The molecule has 1 amide bonds. The first kappa shape index (κ1) is 12.5. The molecule has 0 spiro atoms. The quantitative estimate of drug-likeness (QED) is 0.882. The summed E-state index contributed by atoms with van der Waals surface area (Å²) in [5, 5.41) is 12.8. The van der Waals surface area contributed by atoms with Gasteiger partial charge in [0.25, 0.3) is 5.91 Å². The van der Waals surface area contributed by atoms with Crippen LogP contribution in [0.15, 0.2) is 18.3 Å². The van der Waals surface area contributed by atoms with Crippen molar-refractivity contribution >= 4 is 5.91 Å². The number of carbonyl (C=O) groups is 1. The third-order valence-electron chi connectivity index (χ3n) is 5.55. The second-order valence-corrected chi connectivity index (χ2v) is 6.71. The molecule has 3 saturated carbocycles. The maximum atomic E-state index is 12.5. The fourth-order valence-electron chi connectivity index (χ4n) is 4.38. The molecule has 0 aromatic carbocycles. The van der Waals surface area contributed by atoms with Crippen LogP contribution < -0.4 is 5.32 Å². The third kappa shape index (κ3) is 1.89. The van der Waals surface area contributed by atoms with Crippen LogP contribution in [0.4, 0.5) is 0 Å². The van der Waals surface area contributed by atoms with Crippen molar-refractivity contribution in [2.24, 2.45) is 17.8 Å². The summed E-state index contributed by atoms with van der Waals surface area (Å²) in [5.74, 6) is 1.50. The van der Waals surface area contributed by atoms with E-state index >= 15 is 0 Å². The number of fused-ring (bicyclic) bond motifs is 2. The Kier molecular flexibility index (Phi) is 2.88. The van der Waals surface area contributed by atoms with Gasteiger partial charge in [0.15, 0.2) is 0 Å². The second kappa shape index (κ2) is 4.62. The summed E-state index contributed by atoms with van der Waals surface area (Å²) in [6, 6.07) is 4.57. The van der Waals surface area contributed by atoms with E-state index in [-0.39, 0.29) is 24.5 Å². The van der Waals surface area contributed by atoms with E-state index in [0.29, 0.717) is 17.9 Å². The standard InChI is InChI=1S/C16H22N2O2/c19-9-13-10-3-4-11(8-10)15(13)17-16(20)14-2-1-7-18(14)12-5-6-12/h1-2,7,10-13,15,19H,3-6,8-9H2,(H,17,20). The zero-order chi connectivity index (χ0) is 13.7. The van der Waals surface area contributed by atoms with E-state index in [2.05, 4.69) is 9.88 Å². The third-order valence-corrected chi connectivity index (χ3v) is 5.55. The van der Waals surface area contributed by atoms with E-state index < -0.39 is 0 Å². The number of aromatic nitrogens is 1. The zero-order valence-corrected chi connectivity index (χ0v) is 11.7. The maximum Gasteiger partial charge on any atom is 0.268 e. The molecule has 3 fully saturated rings. The molecule has 0 radical (unpaired) electrons. The minimum absolute atomic E-state index is 0.0397. The van der Waals surface area contributed by atoms with Gasteiger partial charge in [-0.15, -0.1) is 0 Å². The monoisotopic (exact) mass is 274 g/mol. The molecule has 1 aromatic rings. The molecule has 2 N–H and O–H groups in total. The topological polar surface area (TPSA) is 54.3 Å². The number of carbonyl (C=O) groups excluding carboxylic acids is 1. The summed E-state index contributed by atoms with van der Waals surface area (Å²) in [5.41, 5.74) is 0.784. The van der Waals surface area contributed by atoms with Gasteiger partial charge in [-0.3, -0.25) is 4.79 Å². The highest BCUT2D eigenvalue weighted by Crippen LogP contribution is 2.48. The number of hydrogen-bond donors (Lipinski definition) is 2. The minimum atomic E-state index is 0.0397. The van der Waals surface area contributed by atoms with Gasteiger partial charge >= 0.3 is 0 Å². The summed E-state index contributed by atoms with van der Waals surface area (Å²) in [4.78, 5) is 12.5. The number of nitrogens with zero attached hydrogens (tertiary/aromatic N) is 1. The lowest BCUT2D eigenvalue weighted by atomic mass is 9.85. The van der Waals surface area contributed by atoms with Gasteiger partial charge < -0.3 is 15.0 Å². The summed E-state index contributed by atoms with van der Waals surface area (Å²) in [7, 11) is 0. The van der Waals surface area contributed by atoms with Crippen LogP contribution in [0.3, 0.4) is 0 Å². The number of rotatable bonds is 4. The normalized spacial score (nSPS) is 35.5. The van der Waals surface area contributed by atoms with Gasteiger partial charge in [0.1, 0.15) is 5.69 Å². The van der Waals surface area contributed by atoms with E-state index in [1.807, 2.05) is 18.3 Å². The summed E-state index contributed by atoms with van der Waals surface area (Å²) >= 11 is 0. The smallest absolute Gasteiger partial charge is 0.268 e. The number of nitrogens with one attached hydrogen (secondary N) is 1. The lowest BCUT2D eigenvalue weighted by Gasteiger charge is -2.30. The number of aliphatic hydroxyl groups excluding tert-OH is 1. The number of hydrogen-bond acceptors (Lipinski definition) is 2. The predicted octanol–water partition coefficient (Wildman–Crippen LogP) is 1.96. The van der Waals surface area contributed by atoms with Crippen molar-refractivity contribution in [1.82, 2.24) is 9.88 Å². The lowest BCUT2D eigenvalue weighted by molar-refractivity contribution is 0.0852. The second-order valence-electron chi connectivity index (χ2n) is 6.71.